The van der Waals surface area contributed by atoms with Crippen molar-refractivity contribution in [3.8, 4) is 0 Å². The number of hydrogen-bond donors (Lipinski definition) is 2. The van der Waals surface area contributed by atoms with Gasteiger partial charge in [0, 0.05) is 45.7 Å². The average Bonchev–Trinajstić information content (AvgIpc) is 2.62. The topological polar surface area (TPSA) is 39.7 Å². The number of halogens is 4. The first kappa shape index (κ1) is 24.0. The first-order chi connectivity index (χ1) is 12.5. The highest BCUT2D eigenvalue weighted by molar-refractivity contribution is 14.0. The van der Waals surface area contributed by atoms with Crippen LogP contribution in [0.15, 0.2) is 35.3 Å². The van der Waals surface area contributed by atoms with Crippen LogP contribution in [-0.4, -0.2) is 49.8 Å². The van der Waals surface area contributed by atoms with E-state index in [2.05, 4.69) is 44.8 Å². The number of aliphatic imine (C=N–C) groups is 1. The van der Waals surface area contributed by atoms with Gasteiger partial charge in [-0.3, -0.25) is 9.89 Å². The Bertz CT molecular complexity index is 544. The predicted octanol–water partition coefficient (Wildman–Crippen LogP) is 4.17. The maximum absolute atomic E-state index is 12.1. The molecule has 1 aliphatic rings. The van der Waals surface area contributed by atoms with E-state index in [0.29, 0.717) is 25.0 Å². The van der Waals surface area contributed by atoms with Crippen molar-refractivity contribution >= 4 is 29.9 Å². The highest BCUT2D eigenvalue weighted by atomic mass is 127. The maximum atomic E-state index is 12.1. The van der Waals surface area contributed by atoms with Gasteiger partial charge in [-0.05, 0) is 31.2 Å². The van der Waals surface area contributed by atoms with Crippen molar-refractivity contribution < 1.29 is 13.2 Å². The van der Waals surface area contributed by atoms with Crippen molar-refractivity contribution in [2.75, 3.05) is 26.7 Å². The van der Waals surface area contributed by atoms with Crippen LogP contribution < -0.4 is 10.6 Å². The number of rotatable bonds is 7. The number of likely N-dealkylation sites (tertiary alicyclic amines) is 1. The monoisotopic (exact) mass is 498 g/mol. The molecular formula is C19H30F3IN4. The third-order valence-corrected chi connectivity index (χ3v) is 4.58. The third kappa shape index (κ3) is 10.2. The molecular weight excluding hydrogens is 468 g/mol. The van der Waals surface area contributed by atoms with Crippen molar-refractivity contribution in [1.29, 1.82) is 0 Å². The smallest absolute Gasteiger partial charge is 0.356 e. The van der Waals surface area contributed by atoms with Gasteiger partial charge < -0.3 is 10.6 Å². The SMILES string of the molecule is CN=C(NCCCCC(F)(F)F)NC1CCN(Cc2ccccc2)CC1.I. The van der Waals surface area contributed by atoms with Gasteiger partial charge in [-0.25, -0.2) is 0 Å². The molecule has 1 saturated heterocycles. The van der Waals surface area contributed by atoms with Gasteiger partial charge in [-0.15, -0.1) is 24.0 Å². The molecule has 0 radical (unpaired) electrons. The molecule has 154 valence electrons. The van der Waals surface area contributed by atoms with E-state index in [4.69, 9.17) is 0 Å². The summed E-state index contributed by atoms with van der Waals surface area (Å²) in [7, 11) is 1.69. The summed E-state index contributed by atoms with van der Waals surface area (Å²) in [5.41, 5.74) is 1.33. The van der Waals surface area contributed by atoms with Gasteiger partial charge in [0.2, 0.25) is 0 Å². The van der Waals surface area contributed by atoms with Crippen LogP contribution in [0.25, 0.3) is 0 Å². The van der Waals surface area contributed by atoms with E-state index >= 15 is 0 Å². The van der Waals surface area contributed by atoms with Crippen molar-refractivity contribution in [1.82, 2.24) is 15.5 Å². The Morgan fingerprint density at radius 2 is 1.81 bits per heavy atom. The fourth-order valence-electron chi connectivity index (χ4n) is 3.12. The summed E-state index contributed by atoms with van der Waals surface area (Å²) in [4.78, 5) is 6.62. The summed E-state index contributed by atoms with van der Waals surface area (Å²) in [5, 5.41) is 6.50. The number of nitrogens with one attached hydrogen (secondary N) is 2. The summed E-state index contributed by atoms with van der Waals surface area (Å²) in [5.74, 6) is 0.679. The molecule has 1 heterocycles. The fourth-order valence-corrected chi connectivity index (χ4v) is 3.12. The van der Waals surface area contributed by atoms with E-state index in [1.807, 2.05) is 6.07 Å². The summed E-state index contributed by atoms with van der Waals surface area (Å²) < 4.78 is 36.4. The lowest BCUT2D eigenvalue weighted by atomic mass is 10.0. The first-order valence-electron chi connectivity index (χ1n) is 9.26. The summed E-state index contributed by atoms with van der Waals surface area (Å²) in [6.07, 6.45) is -2.10. The minimum atomic E-state index is -4.06. The Morgan fingerprint density at radius 3 is 2.41 bits per heavy atom. The van der Waals surface area contributed by atoms with Crippen molar-refractivity contribution in [2.45, 2.75) is 50.9 Å². The van der Waals surface area contributed by atoms with Crippen LogP contribution in [0.5, 0.6) is 0 Å². The minimum absolute atomic E-state index is 0. The largest absolute Gasteiger partial charge is 0.389 e. The normalized spacial score (nSPS) is 16.7. The molecule has 27 heavy (non-hydrogen) atoms. The van der Waals surface area contributed by atoms with Crippen LogP contribution >= 0.6 is 24.0 Å². The summed E-state index contributed by atoms with van der Waals surface area (Å²) in [6, 6.07) is 10.8. The van der Waals surface area contributed by atoms with Gasteiger partial charge >= 0.3 is 6.18 Å². The molecule has 4 nitrogen and oxygen atoms in total. The van der Waals surface area contributed by atoms with Gasteiger partial charge in [-0.2, -0.15) is 13.2 Å². The molecule has 1 aromatic carbocycles. The highest BCUT2D eigenvalue weighted by Crippen LogP contribution is 2.21. The number of piperidine rings is 1. The van der Waals surface area contributed by atoms with E-state index in [0.717, 1.165) is 32.5 Å². The molecule has 0 saturated carbocycles. The third-order valence-electron chi connectivity index (χ3n) is 4.58. The fraction of sp³-hybridized carbons (Fsp3) is 0.632. The molecule has 1 fully saturated rings. The van der Waals surface area contributed by atoms with Gasteiger partial charge in [0.15, 0.2) is 5.96 Å². The van der Waals surface area contributed by atoms with Crippen LogP contribution in [0, 0.1) is 0 Å². The molecule has 0 aliphatic carbocycles. The average molecular weight is 498 g/mol. The van der Waals surface area contributed by atoms with Gasteiger partial charge in [-0.1, -0.05) is 30.3 Å². The quantitative estimate of drug-likeness (QED) is 0.257. The molecule has 2 N–H and O–H groups in total. The Kier molecular flexibility index (Phi) is 11.1. The van der Waals surface area contributed by atoms with E-state index in [1.165, 1.54) is 5.56 Å². The summed E-state index contributed by atoms with van der Waals surface area (Å²) in [6.45, 7) is 3.52. The molecule has 0 spiro atoms. The zero-order chi connectivity index (χ0) is 18.8. The standard InChI is InChI=1S/C19H29F3N4.HI/c1-23-18(24-12-6-5-11-19(20,21)22)25-17-9-13-26(14-10-17)15-16-7-3-2-4-8-16;/h2-4,7-8,17H,5-6,9-15H2,1H3,(H2,23,24,25);1H. The van der Waals surface area contributed by atoms with Crippen LogP contribution in [0.1, 0.15) is 37.7 Å². The number of benzene rings is 1. The van der Waals surface area contributed by atoms with Gasteiger partial charge in [0.25, 0.3) is 0 Å². The van der Waals surface area contributed by atoms with Crippen molar-refractivity contribution in [2.24, 2.45) is 4.99 Å². The van der Waals surface area contributed by atoms with Crippen LogP contribution in [0.4, 0.5) is 13.2 Å². The molecule has 0 atom stereocenters. The molecule has 0 amide bonds. The highest BCUT2D eigenvalue weighted by Gasteiger charge is 2.25. The van der Waals surface area contributed by atoms with E-state index < -0.39 is 12.6 Å². The molecule has 1 aliphatic heterocycles. The van der Waals surface area contributed by atoms with Crippen LogP contribution in [-0.2, 0) is 6.54 Å². The second-order valence-corrected chi connectivity index (χ2v) is 6.75. The first-order valence-corrected chi connectivity index (χ1v) is 9.26. The Hall–Kier alpha value is -1.03. The molecule has 0 unspecified atom stereocenters. The second-order valence-electron chi connectivity index (χ2n) is 6.75. The number of guanidine groups is 1. The molecule has 2 rings (SSSR count). The molecule has 8 heteroatoms. The molecule has 0 aromatic heterocycles. The second kappa shape index (κ2) is 12.4. The van der Waals surface area contributed by atoms with Gasteiger partial charge in [0.05, 0.1) is 0 Å². The predicted molar refractivity (Wildman–Crippen MR) is 115 cm³/mol. The number of unbranched alkanes of at least 4 members (excludes halogenated alkanes) is 1. The minimum Gasteiger partial charge on any atom is -0.356 e. The zero-order valence-electron chi connectivity index (χ0n) is 15.8. The van der Waals surface area contributed by atoms with Crippen molar-refractivity contribution in [3.05, 3.63) is 35.9 Å². The number of nitrogens with zero attached hydrogens (tertiary/aromatic N) is 2. The van der Waals surface area contributed by atoms with E-state index in [-0.39, 0.29) is 30.4 Å². The number of hydrogen-bond acceptors (Lipinski definition) is 2. The lowest BCUT2D eigenvalue weighted by Crippen LogP contribution is -2.48. The number of alkyl halides is 3. The van der Waals surface area contributed by atoms with E-state index in [1.54, 1.807) is 7.05 Å². The van der Waals surface area contributed by atoms with Gasteiger partial charge in [0.1, 0.15) is 0 Å². The Morgan fingerprint density at radius 1 is 1.15 bits per heavy atom. The van der Waals surface area contributed by atoms with Crippen molar-refractivity contribution in [3.63, 3.8) is 0 Å². The zero-order valence-corrected chi connectivity index (χ0v) is 18.1. The molecule has 1 aromatic rings. The molecule has 0 bridgehead atoms. The lowest BCUT2D eigenvalue weighted by Gasteiger charge is -2.33. The van der Waals surface area contributed by atoms with Crippen LogP contribution in [0.2, 0.25) is 0 Å². The Balaban J connectivity index is 0.00000364. The maximum Gasteiger partial charge on any atom is 0.389 e. The van der Waals surface area contributed by atoms with Crippen LogP contribution in [0.3, 0.4) is 0 Å². The Labute approximate surface area is 177 Å². The lowest BCUT2D eigenvalue weighted by molar-refractivity contribution is -0.135. The summed E-state index contributed by atoms with van der Waals surface area (Å²) >= 11 is 0. The van der Waals surface area contributed by atoms with E-state index in [9.17, 15) is 13.2 Å².